The van der Waals surface area contributed by atoms with E-state index < -0.39 is 23.1 Å². The summed E-state index contributed by atoms with van der Waals surface area (Å²) in [6, 6.07) is 13.9. The summed E-state index contributed by atoms with van der Waals surface area (Å²) in [4.78, 5) is 3.58. The first-order chi connectivity index (χ1) is 21.8. The molecule has 13 nitrogen and oxygen atoms in total. The Balaban J connectivity index is 0.000000284. The van der Waals surface area contributed by atoms with E-state index in [9.17, 15) is 3.18 Å². The molecule has 0 amide bonds. The van der Waals surface area contributed by atoms with E-state index in [4.69, 9.17) is 50.5 Å². The van der Waals surface area contributed by atoms with Crippen LogP contribution in [0.25, 0.3) is 0 Å². The topological polar surface area (TPSA) is 189 Å². The number of nitrogens with one attached hydrogen (secondary N) is 8. The standard InChI is InChI=1S/C20H24Cl2N10.C6H2Br4O2.Bi.H2O/c21-13-1-5-15(6-2-13)27-17(23)29-19(25)31-9-11-32(12-10-31)20(26)30-18(24)28-16-7-3-14(22)4-8-16;7-1-2(8)4(10)6(12)5(11)3(1)9;;/h1-8H,9-12H2,(H4,23,25,27,29)(H4,24,26,28,30);11-12H;;1H2/q;;+3;/p-3. The van der Waals surface area contributed by atoms with Gasteiger partial charge in [0.05, 0.1) is 0 Å². The molecule has 0 radical (unpaired) electrons. The summed E-state index contributed by atoms with van der Waals surface area (Å²) in [6.45, 7) is 2.01. The summed E-state index contributed by atoms with van der Waals surface area (Å²) in [5, 5.41) is 44.8. The van der Waals surface area contributed by atoms with Gasteiger partial charge in [-0.1, -0.05) is 23.2 Å². The van der Waals surface area contributed by atoms with Crippen LogP contribution in [0.2, 0.25) is 10.0 Å². The number of hydrogen-bond donors (Lipinski definition) is 9. The van der Waals surface area contributed by atoms with E-state index in [1.54, 1.807) is 58.3 Å². The summed E-state index contributed by atoms with van der Waals surface area (Å²) in [5.41, 5.74) is 1.39. The van der Waals surface area contributed by atoms with Gasteiger partial charge in [0.1, 0.15) is 0 Å². The Kier molecular flexibility index (Phi) is 13.6. The molecule has 20 heteroatoms. The maximum atomic E-state index is 9.37. The molecule has 244 valence electrons. The van der Waals surface area contributed by atoms with Crippen molar-refractivity contribution in [1.82, 2.24) is 20.4 Å². The Morgan fingerprint density at radius 1 is 0.630 bits per heavy atom. The second kappa shape index (κ2) is 17.0. The van der Waals surface area contributed by atoms with E-state index in [2.05, 4.69) is 85.0 Å². The quantitative estimate of drug-likeness (QED) is 0.0452. The molecule has 2 aliphatic heterocycles. The SMILES string of the molecule is N=C(NC(=N)N1CCN(C(=N)NC(=N)Nc2ccc(Cl)cc2)CC1)Nc1ccc(Cl)cc1.[OH][Bi]1[O]c2c(Br)c(Br)c(Br)c(Br)c2[O]1. The molecule has 0 bridgehead atoms. The van der Waals surface area contributed by atoms with Crippen molar-refractivity contribution in [2.24, 2.45) is 0 Å². The van der Waals surface area contributed by atoms with Crippen LogP contribution in [0.1, 0.15) is 0 Å². The summed E-state index contributed by atoms with van der Waals surface area (Å²) < 4.78 is 23.0. The van der Waals surface area contributed by atoms with Crippen molar-refractivity contribution in [2.45, 2.75) is 0 Å². The molecule has 0 aromatic heterocycles. The second-order valence-corrected chi connectivity index (χ2v) is 16.6. The van der Waals surface area contributed by atoms with E-state index in [1.165, 1.54) is 0 Å². The molecule has 2 aliphatic rings. The van der Waals surface area contributed by atoms with E-state index in [-0.39, 0.29) is 23.8 Å². The zero-order valence-electron chi connectivity index (χ0n) is 23.3. The molecular formula is C26H25BiBr4Cl2N10O3. The van der Waals surface area contributed by atoms with Crippen LogP contribution in [-0.4, -0.2) is 86.1 Å². The summed E-state index contributed by atoms with van der Waals surface area (Å²) in [7, 11) is 0. The third-order valence-corrected chi connectivity index (χ3v) is 14.0. The van der Waals surface area contributed by atoms with Crippen molar-refractivity contribution in [3.63, 3.8) is 0 Å². The van der Waals surface area contributed by atoms with Crippen molar-refractivity contribution in [3.8, 4) is 11.5 Å². The number of fused-ring (bicyclic) bond motifs is 1. The molecule has 9 N–H and O–H groups in total. The van der Waals surface area contributed by atoms with Crippen molar-refractivity contribution in [3.05, 3.63) is 76.5 Å². The number of anilines is 2. The van der Waals surface area contributed by atoms with Crippen LogP contribution in [0.4, 0.5) is 11.4 Å². The molecule has 3 aromatic rings. The number of piperazine rings is 1. The van der Waals surface area contributed by atoms with Crippen LogP contribution in [-0.2, 0) is 0 Å². The minimum atomic E-state index is -3.14. The monoisotopic (exact) mass is 1120 g/mol. The fourth-order valence-electron chi connectivity index (χ4n) is 3.90. The number of hydrogen-bond acceptors (Lipinski definition) is 7. The van der Waals surface area contributed by atoms with Crippen molar-refractivity contribution in [1.29, 1.82) is 21.6 Å². The van der Waals surface area contributed by atoms with Crippen LogP contribution in [0.15, 0.2) is 66.4 Å². The van der Waals surface area contributed by atoms with E-state index in [0.29, 0.717) is 59.1 Å². The molecule has 5 rings (SSSR count). The van der Waals surface area contributed by atoms with Gasteiger partial charge in [0, 0.05) is 47.6 Å². The average Bonchev–Trinajstić information content (AvgIpc) is 3.43. The molecular weight excluding hydrogens is 1100 g/mol. The van der Waals surface area contributed by atoms with Crippen molar-refractivity contribution in [2.75, 3.05) is 36.8 Å². The number of rotatable bonds is 2. The predicted octanol–water partition coefficient (Wildman–Crippen LogP) is 6.54. The third-order valence-electron chi connectivity index (χ3n) is 6.15. The predicted molar refractivity (Wildman–Crippen MR) is 197 cm³/mol. The molecule has 46 heavy (non-hydrogen) atoms. The molecule has 1 saturated heterocycles. The zero-order chi connectivity index (χ0) is 33.5. The molecule has 0 aliphatic carbocycles. The van der Waals surface area contributed by atoms with Crippen LogP contribution >= 0.6 is 86.9 Å². The van der Waals surface area contributed by atoms with Gasteiger partial charge < -0.3 is 20.4 Å². The van der Waals surface area contributed by atoms with Gasteiger partial charge in [-0.3, -0.25) is 32.3 Å². The number of guanidine groups is 4. The fraction of sp³-hybridized carbons (Fsp3) is 0.154. The number of halogens is 6. The first-order valence-corrected chi connectivity index (χ1v) is 21.3. The van der Waals surface area contributed by atoms with Crippen molar-refractivity contribution >= 4 is 145 Å². The molecule has 0 saturated carbocycles. The van der Waals surface area contributed by atoms with Gasteiger partial charge in [-0.25, -0.2) is 0 Å². The first-order valence-electron chi connectivity index (χ1n) is 13.0. The van der Waals surface area contributed by atoms with Crippen LogP contribution in [0.5, 0.6) is 11.5 Å². The van der Waals surface area contributed by atoms with Crippen molar-refractivity contribution < 1.29 is 8.81 Å². The number of nitrogens with zero attached hydrogens (tertiary/aromatic N) is 2. The minimum absolute atomic E-state index is 0.0177. The summed E-state index contributed by atoms with van der Waals surface area (Å²) in [5.74, 6) is 1.30. The third kappa shape index (κ3) is 10.0. The Hall–Kier alpha value is -1.92. The maximum absolute atomic E-state index is 9.37. The summed E-state index contributed by atoms with van der Waals surface area (Å²) in [6.07, 6.45) is 0. The molecule has 0 atom stereocenters. The molecule has 0 spiro atoms. The Morgan fingerprint density at radius 3 is 1.28 bits per heavy atom. The first kappa shape index (κ1) is 36.9. The molecule has 1 fully saturated rings. The van der Waals surface area contributed by atoms with Gasteiger partial charge in [-0.15, -0.1) is 0 Å². The fourth-order valence-corrected chi connectivity index (χ4v) is 10.1. The Labute approximate surface area is 317 Å². The Morgan fingerprint density at radius 2 is 0.957 bits per heavy atom. The van der Waals surface area contributed by atoms with Gasteiger partial charge in [0.25, 0.3) is 0 Å². The van der Waals surface area contributed by atoms with Crippen LogP contribution < -0.4 is 26.9 Å². The Bertz CT molecular complexity index is 1510. The van der Waals surface area contributed by atoms with E-state index in [1.807, 2.05) is 0 Å². The van der Waals surface area contributed by atoms with Gasteiger partial charge in [0.2, 0.25) is 0 Å². The van der Waals surface area contributed by atoms with E-state index in [0.717, 1.165) is 17.9 Å². The van der Waals surface area contributed by atoms with Crippen LogP contribution in [0, 0.1) is 21.6 Å². The van der Waals surface area contributed by atoms with Gasteiger partial charge >= 0.3 is 125 Å². The normalized spacial score (nSPS) is 13.7. The average molecular weight is 1130 g/mol. The van der Waals surface area contributed by atoms with Gasteiger partial charge in [-0.05, 0) is 48.5 Å². The van der Waals surface area contributed by atoms with Crippen LogP contribution in [0.3, 0.4) is 0 Å². The van der Waals surface area contributed by atoms with E-state index >= 15 is 0 Å². The molecule has 2 heterocycles. The zero-order valence-corrected chi connectivity index (χ0v) is 34.7. The molecule has 3 aromatic carbocycles. The number of benzene rings is 3. The molecule has 0 unspecified atom stereocenters. The summed E-state index contributed by atoms with van der Waals surface area (Å²) >= 11 is 22.1. The van der Waals surface area contributed by atoms with Gasteiger partial charge in [-0.2, -0.15) is 0 Å². The van der Waals surface area contributed by atoms with Gasteiger partial charge in [0.15, 0.2) is 23.8 Å². The second-order valence-electron chi connectivity index (χ2n) is 9.27.